The maximum Gasteiger partial charge on any atom is 0.237 e. The van der Waals surface area contributed by atoms with Crippen LogP contribution in [0.15, 0.2) is 27.9 Å². The Hall–Kier alpha value is -2.22. The molecule has 0 saturated heterocycles. The highest BCUT2D eigenvalue weighted by atomic mass is 32.2. The second-order valence-corrected chi connectivity index (χ2v) is 5.61. The van der Waals surface area contributed by atoms with Crippen LogP contribution in [0.5, 0.6) is 0 Å². The lowest BCUT2D eigenvalue weighted by atomic mass is 10.1. The number of hydrogen-bond donors (Lipinski definition) is 0. The summed E-state index contributed by atoms with van der Waals surface area (Å²) in [6.45, 7) is 5.93. The summed E-state index contributed by atoms with van der Waals surface area (Å²) in [4.78, 5) is 4.16. The van der Waals surface area contributed by atoms with E-state index in [0.717, 1.165) is 5.69 Å². The highest BCUT2D eigenvalue weighted by Gasteiger charge is 2.12. The molecule has 8 heteroatoms. The molecule has 0 aliphatic heterocycles. The van der Waals surface area contributed by atoms with Crippen molar-refractivity contribution in [2.24, 2.45) is 0 Å². The largest absolute Gasteiger partial charge is 0.338 e. The van der Waals surface area contributed by atoms with Gasteiger partial charge in [0.05, 0.1) is 11.4 Å². The number of thioether (sulfide) groups is 1. The summed E-state index contributed by atoms with van der Waals surface area (Å²) in [5.41, 5.74) is 3.38. The van der Waals surface area contributed by atoms with Gasteiger partial charge in [-0.25, -0.2) is 0 Å². The van der Waals surface area contributed by atoms with Gasteiger partial charge in [0.1, 0.15) is 0 Å². The normalized spacial score (nSPS) is 11.0. The Labute approximate surface area is 125 Å². The molecule has 3 rings (SSSR count). The predicted molar refractivity (Wildman–Crippen MR) is 77.2 cm³/mol. The summed E-state index contributed by atoms with van der Waals surface area (Å²) in [6, 6.07) is 6.12. The zero-order valence-corrected chi connectivity index (χ0v) is 12.8. The van der Waals surface area contributed by atoms with Crippen molar-refractivity contribution < 1.29 is 4.52 Å². The van der Waals surface area contributed by atoms with Crippen molar-refractivity contribution in [3.63, 3.8) is 0 Å². The number of nitrogens with zero attached hydrogens (tertiary/aromatic N) is 6. The lowest BCUT2D eigenvalue weighted by Gasteiger charge is -2.06. The molecule has 1 aromatic carbocycles. The first kappa shape index (κ1) is 13.7. The summed E-state index contributed by atoms with van der Waals surface area (Å²) in [5.74, 6) is 1.72. The molecule has 0 radical (unpaired) electrons. The van der Waals surface area contributed by atoms with Crippen LogP contribution in [-0.2, 0) is 5.75 Å². The monoisotopic (exact) mass is 302 g/mol. The highest BCUT2D eigenvalue weighted by Crippen LogP contribution is 2.22. The molecule has 0 fully saturated rings. The molecule has 7 nitrogen and oxygen atoms in total. The van der Waals surface area contributed by atoms with Crippen LogP contribution in [0.25, 0.3) is 5.69 Å². The van der Waals surface area contributed by atoms with E-state index in [1.54, 1.807) is 11.6 Å². The third-order valence-electron chi connectivity index (χ3n) is 3.07. The van der Waals surface area contributed by atoms with Crippen LogP contribution in [0.3, 0.4) is 0 Å². The third-order valence-corrected chi connectivity index (χ3v) is 3.97. The first-order chi connectivity index (χ1) is 10.1. The molecular weight excluding hydrogens is 288 g/mol. The molecule has 0 aliphatic carbocycles. The molecule has 0 N–H and O–H groups in total. The Kier molecular flexibility index (Phi) is 3.70. The summed E-state index contributed by atoms with van der Waals surface area (Å²) >= 11 is 1.46. The van der Waals surface area contributed by atoms with Gasteiger partial charge in [-0.15, -0.1) is 5.10 Å². The quantitative estimate of drug-likeness (QED) is 0.683. The van der Waals surface area contributed by atoms with Crippen LogP contribution in [0.2, 0.25) is 0 Å². The van der Waals surface area contributed by atoms with Gasteiger partial charge < -0.3 is 4.52 Å². The summed E-state index contributed by atoms with van der Waals surface area (Å²) in [6.07, 6.45) is 0. The smallest absolute Gasteiger partial charge is 0.237 e. The number of rotatable bonds is 4. The topological polar surface area (TPSA) is 82.5 Å². The minimum atomic E-state index is 0.534. The molecule has 0 spiro atoms. The van der Waals surface area contributed by atoms with Crippen LogP contribution < -0.4 is 0 Å². The molecule has 0 bridgehead atoms. The Morgan fingerprint density at radius 2 is 2.05 bits per heavy atom. The minimum Gasteiger partial charge on any atom is -0.338 e. The third kappa shape index (κ3) is 2.94. The van der Waals surface area contributed by atoms with Gasteiger partial charge in [-0.05, 0) is 54.5 Å². The molecule has 0 unspecified atom stereocenters. The van der Waals surface area contributed by atoms with E-state index in [9.17, 15) is 0 Å². The number of benzene rings is 1. The molecular formula is C13H14N6OS. The molecule has 0 amide bonds. The van der Waals surface area contributed by atoms with Crippen molar-refractivity contribution in [1.29, 1.82) is 0 Å². The van der Waals surface area contributed by atoms with Crippen LogP contribution in [-0.4, -0.2) is 30.3 Å². The van der Waals surface area contributed by atoms with E-state index >= 15 is 0 Å². The van der Waals surface area contributed by atoms with E-state index in [1.165, 1.54) is 22.9 Å². The number of aromatic nitrogens is 6. The zero-order valence-electron chi connectivity index (χ0n) is 11.9. The molecule has 0 aliphatic rings. The second-order valence-electron chi connectivity index (χ2n) is 4.67. The minimum absolute atomic E-state index is 0.534. The summed E-state index contributed by atoms with van der Waals surface area (Å²) < 4.78 is 6.79. The maximum absolute atomic E-state index is 5.08. The van der Waals surface area contributed by atoms with Crippen molar-refractivity contribution in [2.75, 3.05) is 0 Å². The van der Waals surface area contributed by atoms with Crippen LogP contribution in [0, 0.1) is 20.8 Å². The first-order valence-electron chi connectivity index (χ1n) is 6.41. The van der Waals surface area contributed by atoms with Crippen LogP contribution in [0.1, 0.15) is 22.8 Å². The van der Waals surface area contributed by atoms with Crippen molar-refractivity contribution in [2.45, 2.75) is 31.7 Å². The molecule has 108 valence electrons. The van der Waals surface area contributed by atoms with E-state index in [-0.39, 0.29) is 0 Å². The van der Waals surface area contributed by atoms with E-state index in [4.69, 9.17) is 4.52 Å². The number of tetrazole rings is 1. The lowest BCUT2D eigenvalue weighted by Crippen LogP contribution is -2.00. The zero-order chi connectivity index (χ0) is 14.8. The van der Waals surface area contributed by atoms with E-state index in [0.29, 0.717) is 22.6 Å². The van der Waals surface area contributed by atoms with Gasteiger partial charge in [0.15, 0.2) is 5.82 Å². The summed E-state index contributed by atoms with van der Waals surface area (Å²) in [5, 5.41) is 16.3. The average molecular weight is 302 g/mol. The van der Waals surface area contributed by atoms with Gasteiger partial charge in [-0.2, -0.15) is 9.67 Å². The number of hydrogen-bond acceptors (Lipinski definition) is 7. The van der Waals surface area contributed by atoms with Gasteiger partial charge in [-0.3, -0.25) is 0 Å². The second kappa shape index (κ2) is 5.65. The molecule has 0 atom stereocenters. The first-order valence-corrected chi connectivity index (χ1v) is 7.40. The molecule has 2 aromatic heterocycles. The van der Waals surface area contributed by atoms with E-state index < -0.39 is 0 Å². The van der Waals surface area contributed by atoms with Crippen molar-refractivity contribution in [3.05, 3.63) is 41.0 Å². The Morgan fingerprint density at radius 3 is 2.76 bits per heavy atom. The van der Waals surface area contributed by atoms with Crippen LogP contribution >= 0.6 is 11.8 Å². The van der Waals surface area contributed by atoms with Crippen molar-refractivity contribution in [3.8, 4) is 5.69 Å². The average Bonchev–Trinajstić information content (AvgIpc) is 3.08. The van der Waals surface area contributed by atoms with Gasteiger partial charge in [-0.1, -0.05) is 23.0 Å². The Balaban J connectivity index is 1.81. The summed E-state index contributed by atoms with van der Waals surface area (Å²) in [7, 11) is 0. The molecule has 2 heterocycles. The fraction of sp³-hybridized carbons (Fsp3) is 0.308. The maximum atomic E-state index is 5.08. The predicted octanol–water partition coefficient (Wildman–Crippen LogP) is 2.26. The highest BCUT2D eigenvalue weighted by molar-refractivity contribution is 7.98. The Morgan fingerprint density at radius 1 is 1.19 bits per heavy atom. The SMILES string of the molecule is Cc1noc(CSc2nnnn2-c2ccc(C)c(C)c2)n1. The fourth-order valence-electron chi connectivity index (χ4n) is 1.81. The standard InChI is InChI=1S/C13H14N6OS/c1-8-4-5-11(6-9(8)2)19-13(15-17-18-19)21-7-12-14-10(3)16-20-12/h4-6H,7H2,1-3H3. The fourth-order valence-corrected chi connectivity index (χ4v) is 2.54. The lowest BCUT2D eigenvalue weighted by molar-refractivity contribution is 0.387. The van der Waals surface area contributed by atoms with E-state index in [2.05, 4.69) is 51.6 Å². The van der Waals surface area contributed by atoms with Gasteiger partial charge in [0.25, 0.3) is 0 Å². The van der Waals surface area contributed by atoms with Gasteiger partial charge in [0, 0.05) is 0 Å². The number of aryl methyl sites for hydroxylation is 3. The molecule has 3 aromatic rings. The van der Waals surface area contributed by atoms with E-state index in [1.807, 2.05) is 6.07 Å². The van der Waals surface area contributed by atoms with Gasteiger partial charge >= 0.3 is 0 Å². The molecule has 0 saturated carbocycles. The van der Waals surface area contributed by atoms with Crippen molar-refractivity contribution >= 4 is 11.8 Å². The molecule has 21 heavy (non-hydrogen) atoms. The van der Waals surface area contributed by atoms with Crippen LogP contribution in [0.4, 0.5) is 0 Å². The van der Waals surface area contributed by atoms with Gasteiger partial charge in [0.2, 0.25) is 11.0 Å². The Bertz CT molecular complexity index is 766. The van der Waals surface area contributed by atoms with Crippen molar-refractivity contribution in [1.82, 2.24) is 30.3 Å².